The van der Waals surface area contributed by atoms with Crippen LogP contribution < -0.4 is 9.47 Å². The molecule has 0 aliphatic carbocycles. The van der Waals surface area contributed by atoms with Crippen molar-refractivity contribution in [3.05, 3.63) is 211 Å². The van der Waals surface area contributed by atoms with E-state index in [2.05, 4.69) is 31.9 Å². The lowest BCUT2D eigenvalue weighted by Crippen LogP contribution is -2.07. The number of halogens is 8. The predicted octanol–water partition coefficient (Wildman–Crippen LogP) is 15.5. The Morgan fingerprint density at radius 2 is 0.957 bits per heavy atom. The maximum atomic E-state index is 12.9. The number of carboxylic acids is 1. The van der Waals surface area contributed by atoms with Gasteiger partial charge in [-0.05, 0) is 153 Å². The molecule has 360 valence electrons. The summed E-state index contributed by atoms with van der Waals surface area (Å²) in [6.07, 6.45) is -8.77. The summed E-state index contributed by atoms with van der Waals surface area (Å²) in [5.41, 5.74) is 6.87. The molecule has 1 N–H and O–H groups in total. The fraction of sp³-hybridized carbons (Fsp3) is 0.148. The number of aromatic nitrogens is 2. The molecule has 2 aromatic heterocycles. The number of nitrogens with zero attached hydrogens (tertiary/aromatic N) is 2. The monoisotopic (exact) mass is 1090 g/mol. The maximum absolute atomic E-state index is 12.9. The van der Waals surface area contributed by atoms with E-state index in [4.69, 9.17) is 14.2 Å². The molecule has 0 saturated heterocycles. The molecule has 0 fully saturated rings. The van der Waals surface area contributed by atoms with Gasteiger partial charge in [-0.15, -0.1) is 0 Å². The summed E-state index contributed by atoms with van der Waals surface area (Å²) < 4.78 is 99.9. The largest absolute Gasteiger partial charge is 0.488 e. The number of alkyl halides is 6. The van der Waals surface area contributed by atoms with Crippen molar-refractivity contribution in [2.75, 3.05) is 6.61 Å². The smallest absolute Gasteiger partial charge is 0.416 e. The number of aromatic carboxylic acids is 1. The summed E-state index contributed by atoms with van der Waals surface area (Å²) >= 11 is 7.00. The number of carboxylic acid groups (broad SMARTS) is 1. The molecule has 0 aliphatic rings. The lowest BCUT2D eigenvalue weighted by Gasteiger charge is -2.17. The number of aryl methyl sites for hydroxylation is 2. The second kappa shape index (κ2) is 21.7. The van der Waals surface area contributed by atoms with Crippen molar-refractivity contribution in [3.63, 3.8) is 0 Å². The van der Waals surface area contributed by atoms with Gasteiger partial charge in [0.15, 0.2) is 0 Å². The van der Waals surface area contributed by atoms with Gasteiger partial charge in [-0.25, -0.2) is 9.59 Å². The van der Waals surface area contributed by atoms with E-state index < -0.39 is 35.4 Å². The van der Waals surface area contributed by atoms with Gasteiger partial charge in [0.25, 0.3) is 0 Å². The highest BCUT2D eigenvalue weighted by atomic mass is 79.9. The third-order valence-corrected chi connectivity index (χ3v) is 11.9. The van der Waals surface area contributed by atoms with Gasteiger partial charge in [0, 0.05) is 42.8 Å². The van der Waals surface area contributed by atoms with Crippen LogP contribution in [0, 0.1) is 13.8 Å². The lowest BCUT2D eigenvalue weighted by molar-refractivity contribution is -0.138. The molecule has 0 spiro atoms. The Bertz CT molecular complexity index is 3140. The third-order valence-electron chi connectivity index (χ3n) is 10.9. The van der Waals surface area contributed by atoms with Crippen molar-refractivity contribution in [2.24, 2.45) is 0 Å². The van der Waals surface area contributed by atoms with Crippen LogP contribution in [0.5, 0.6) is 11.5 Å². The number of rotatable bonds is 13. The molecule has 16 heteroatoms. The summed E-state index contributed by atoms with van der Waals surface area (Å²) in [7, 11) is 0. The van der Waals surface area contributed by atoms with Crippen LogP contribution in [0.4, 0.5) is 26.3 Å². The first-order chi connectivity index (χ1) is 33.3. The molecule has 0 aliphatic heterocycles. The first kappa shape index (κ1) is 50.8. The summed E-state index contributed by atoms with van der Waals surface area (Å²) in [6, 6.07) is 42.4. The molecular weight excluding hydrogens is 1050 g/mol. The van der Waals surface area contributed by atoms with E-state index in [1.165, 1.54) is 30.3 Å². The molecule has 2 heterocycles. The molecule has 0 saturated carbocycles. The minimum absolute atomic E-state index is 0.0843. The van der Waals surface area contributed by atoms with Gasteiger partial charge in [0.2, 0.25) is 0 Å². The SMILES string of the molecule is CCOC(=O)c1cccc(-n2c(C)ccc2-c2cc(Br)ccc2OCc2ccc(C(F)(F)F)cc2)c1.Cc1ccc(-c2cc(Br)ccc2OCc2ccc(C(F)(F)F)cc2)n1-c1cccc(C(=O)O)c1. The van der Waals surface area contributed by atoms with Crippen molar-refractivity contribution in [1.82, 2.24) is 9.13 Å². The quantitative estimate of drug-likeness (QED) is 0.0914. The van der Waals surface area contributed by atoms with Crippen LogP contribution in [0.15, 0.2) is 167 Å². The van der Waals surface area contributed by atoms with Crippen molar-refractivity contribution in [1.29, 1.82) is 0 Å². The van der Waals surface area contributed by atoms with Crippen LogP contribution in [0.3, 0.4) is 0 Å². The molecule has 0 radical (unpaired) electrons. The van der Waals surface area contributed by atoms with E-state index in [0.29, 0.717) is 33.9 Å². The highest BCUT2D eigenvalue weighted by Gasteiger charge is 2.31. The zero-order valence-corrected chi connectivity index (χ0v) is 40.7. The number of esters is 1. The lowest BCUT2D eigenvalue weighted by atomic mass is 10.1. The highest BCUT2D eigenvalue weighted by Crippen LogP contribution is 2.39. The number of hydrogen-bond donors (Lipinski definition) is 1. The first-order valence-electron chi connectivity index (χ1n) is 21.5. The Kier molecular flexibility index (Phi) is 15.8. The van der Waals surface area contributed by atoms with E-state index in [1.54, 1.807) is 43.3 Å². The maximum Gasteiger partial charge on any atom is 0.416 e. The van der Waals surface area contributed by atoms with Gasteiger partial charge in [0.1, 0.15) is 24.7 Å². The molecule has 8 rings (SSSR count). The highest BCUT2D eigenvalue weighted by molar-refractivity contribution is 9.10. The predicted molar refractivity (Wildman–Crippen MR) is 262 cm³/mol. The number of carbonyl (C=O) groups is 2. The van der Waals surface area contributed by atoms with E-state index in [0.717, 1.165) is 72.8 Å². The average Bonchev–Trinajstić information content (AvgIpc) is 3.92. The van der Waals surface area contributed by atoms with E-state index in [9.17, 15) is 41.0 Å². The number of hydrogen-bond acceptors (Lipinski definition) is 5. The molecule has 0 atom stereocenters. The second-order valence-electron chi connectivity index (χ2n) is 15.8. The number of carbonyl (C=O) groups excluding carboxylic acids is 1. The van der Waals surface area contributed by atoms with E-state index in [-0.39, 0.29) is 25.4 Å². The molecular formula is C54H42Br2F6N2O6. The second-order valence-corrected chi connectivity index (χ2v) is 17.6. The molecule has 70 heavy (non-hydrogen) atoms. The Balaban J connectivity index is 0.000000207. The zero-order valence-electron chi connectivity index (χ0n) is 37.5. The fourth-order valence-corrected chi connectivity index (χ4v) is 8.23. The summed E-state index contributed by atoms with van der Waals surface area (Å²) in [5, 5.41) is 9.38. The van der Waals surface area contributed by atoms with Crippen LogP contribution in [-0.4, -0.2) is 32.8 Å². The summed E-state index contributed by atoms with van der Waals surface area (Å²) in [4.78, 5) is 23.7. The van der Waals surface area contributed by atoms with Crippen LogP contribution in [0.25, 0.3) is 33.9 Å². The van der Waals surface area contributed by atoms with Gasteiger partial charge in [-0.1, -0.05) is 68.3 Å². The number of ether oxygens (including phenoxy) is 3. The van der Waals surface area contributed by atoms with Crippen LogP contribution in [0.1, 0.15) is 61.3 Å². The van der Waals surface area contributed by atoms with Gasteiger partial charge in [-0.3, -0.25) is 0 Å². The minimum atomic E-state index is -4.39. The van der Waals surface area contributed by atoms with Gasteiger partial charge < -0.3 is 28.5 Å². The van der Waals surface area contributed by atoms with E-state index >= 15 is 0 Å². The Morgan fingerprint density at radius 3 is 1.36 bits per heavy atom. The van der Waals surface area contributed by atoms with Gasteiger partial charge >= 0.3 is 24.3 Å². The molecule has 0 unspecified atom stereocenters. The van der Waals surface area contributed by atoms with Crippen molar-refractivity contribution in [2.45, 2.75) is 46.3 Å². The summed E-state index contributed by atoms with van der Waals surface area (Å²) in [6.45, 7) is 6.11. The normalized spacial score (nSPS) is 11.4. The zero-order chi connectivity index (χ0) is 50.3. The first-order valence-corrected chi connectivity index (χ1v) is 23.0. The van der Waals surface area contributed by atoms with Crippen molar-refractivity contribution in [3.8, 4) is 45.4 Å². The minimum Gasteiger partial charge on any atom is -0.488 e. The summed E-state index contributed by atoms with van der Waals surface area (Å²) in [5.74, 6) is -0.305. The number of benzene rings is 6. The van der Waals surface area contributed by atoms with E-state index in [1.807, 2.05) is 89.7 Å². The molecule has 6 aromatic carbocycles. The van der Waals surface area contributed by atoms with Crippen LogP contribution in [0.2, 0.25) is 0 Å². The topological polar surface area (TPSA) is 91.9 Å². The van der Waals surface area contributed by atoms with Crippen LogP contribution in [-0.2, 0) is 30.3 Å². The Morgan fingerprint density at radius 1 is 0.543 bits per heavy atom. The molecule has 0 amide bonds. The van der Waals surface area contributed by atoms with Crippen LogP contribution >= 0.6 is 31.9 Å². The standard InChI is InChI=1S/C28H23BrF3NO3.C26H19BrF3NO3/c1-3-35-27(34)20-5-4-6-23(15-20)33-18(2)7-13-25(33)24-16-22(29)12-14-26(24)36-17-19-8-10-21(11-9-19)28(30,31)32;1-16-5-11-23(31(16)21-4-2-3-18(13-21)25(32)33)22-14-20(27)10-12-24(22)34-15-17-6-8-19(9-7-17)26(28,29)30/h4-16H,3,17H2,1-2H3;2-14H,15H2,1H3,(H,32,33). The van der Waals surface area contributed by atoms with Crippen molar-refractivity contribution >= 4 is 43.8 Å². The Hall–Kier alpha value is -7.04. The third kappa shape index (κ3) is 12.2. The van der Waals surface area contributed by atoms with Crippen molar-refractivity contribution < 1.29 is 55.2 Å². The van der Waals surface area contributed by atoms with Gasteiger partial charge in [-0.2, -0.15) is 26.3 Å². The van der Waals surface area contributed by atoms with Gasteiger partial charge in [0.05, 0.1) is 40.2 Å². The molecule has 8 aromatic rings. The fourth-order valence-electron chi connectivity index (χ4n) is 7.51. The Labute approximate surface area is 416 Å². The molecule has 8 nitrogen and oxygen atoms in total. The average molecular weight is 1090 g/mol. The molecule has 0 bridgehead atoms.